The van der Waals surface area contributed by atoms with Gasteiger partial charge in [0, 0.05) is 26.2 Å². The van der Waals surface area contributed by atoms with Gasteiger partial charge in [-0.05, 0) is 36.8 Å². The second-order valence-electron chi connectivity index (χ2n) is 5.04. The Morgan fingerprint density at radius 1 is 1.28 bits per heavy atom. The van der Waals surface area contributed by atoms with Gasteiger partial charge in [0.15, 0.2) is 0 Å². The number of nitrogens with zero attached hydrogens (tertiary/aromatic N) is 2. The minimum Gasteiger partial charge on any atom is -0.336 e. The lowest BCUT2D eigenvalue weighted by Gasteiger charge is -2.29. The largest absolute Gasteiger partial charge is 0.336 e. The van der Waals surface area contributed by atoms with E-state index in [2.05, 4.69) is 9.80 Å². The van der Waals surface area contributed by atoms with Crippen molar-refractivity contribution >= 4 is 17.2 Å². The van der Waals surface area contributed by atoms with E-state index in [1.165, 1.54) is 25.9 Å². The van der Waals surface area contributed by atoms with Crippen LogP contribution >= 0.6 is 11.3 Å². The van der Waals surface area contributed by atoms with Crippen LogP contribution in [0.1, 0.15) is 22.5 Å². The van der Waals surface area contributed by atoms with Gasteiger partial charge in [0.2, 0.25) is 0 Å². The predicted octanol–water partition coefficient (Wildman–Crippen LogP) is 2.24. The molecule has 0 saturated carbocycles. The standard InChI is InChI=1S/C13H18N2OS.CH2/c16-13(12-4-2-8-17-12)15-7-6-14-5-1-3-11(9-14)10-15;/h2,4,8,11H,1,3,5-7,9-10H2;1H2. The molecule has 18 heavy (non-hydrogen) atoms. The number of rotatable bonds is 1. The number of hydrogen-bond acceptors (Lipinski definition) is 3. The minimum atomic E-state index is 0. The molecule has 2 atom stereocenters. The highest BCUT2D eigenvalue weighted by Crippen LogP contribution is 2.22. The minimum absolute atomic E-state index is 0. The molecule has 0 spiro atoms. The van der Waals surface area contributed by atoms with E-state index in [0.717, 1.165) is 24.5 Å². The molecule has 2 aliphatic rings. The first-order valence-electron chi connectivity index (χ1n) is 6.38. The van der Waals surface area contributed by atoms with Gasteiger partial charge in [0.1, 0.15) is 0 Å². The van der Waals surface area contributed by atoms with Crippen molar-refractivity contribution in [2.75, 3.05) is 32.7 Å². The number of hydrogen-bond donors (Lipinski definition) is 0. The molecule has 98 valence electrons. The Kier molecular flexibility index (Phi) is 4.40. The van der Waals surface area contributed by atoms with Gasteiger partial charge in [-0.25, -0.2) is 0 Å². The number of thiophene rings is 1. The van der Waals surface area contributed by atoms with Crippen LogP contribution in [-0.2, 0) is 0 Å². The zero-order valence-corrected chi connectivity index (χ0v) is 11.5. The molecule has 2 unspecified atom stereocenters. The van der Waals surface area contributed by atoms with Crippen molar-refractivity contribution in [2.45, 2.75) is 12.8 Å². The zero-order valence-electron chi connectivity index (χ0n) is 10.7. The molecular weight excluding hydrogens is 244 g/mol. The fourth-order valence-corrected chi connectivity index (χ4v) is 3.60. The van der Waals surface area contributed by atoms with Crippen molar-refractivity contribution in [2.24, 2.45) is 5.92 Å². The van der Waals surface area contributed by atoms with Crippen LogP contribution in [0.3, 0.4) is 0 Å². The van der Waals surface area contributed by atoms with E-state index in [1.54, 1.807) is 11.3 Å². The molecule has 1 aromatic heterocycles. The van der Waals surface area contributed by atoms with Crippen molar-refractivity contribution in [3.63, 3.8) is 0 Å². The molecule has 4 heteroatoms. The first kappa shape index (κ1) is 13.6. The van der Waals surface area contributed by atoms with Crippen LogP contribution in [0.2, 0.25) is 0 Å². The summed E-state index contributed by atoms with van der Waals surface area (Å²) in [5, 5.41) is 1.98. The number of piperidine rings is 1. The molecule has 1 amide bonds. The van der Waals surface area contributed by atoms with Crippen LogP contribution in [0.4, 0.5) is 0 Å². The maximum absolute atomic E-state index is 12.3. The van der Waals surface area contributed by atoms with Crippen LogP contribution in [0, 0.1) is 13.3 Å². The molecule has 3 heterocycles. The quantitative estimate of drug-likeness (QED) is 0.776. The third-order valence-electron chi connectivity index (χ3n) is 3.79. The second-order valence-corrected chi connectivity index (χ2v) is 5.99. The molecule has 2 fully saturated rings. The van der Waals surface area contributed by atoms with E-state index < -0.39 is 0 Å². The number of fused-ring (bicyclic) bond motifs is 2. The summed E-state index contributed by atoms with van der Waals surface area (Å²) in [5.74, 6) is 0.920. The third kappa shape index (κ3) is 2.75. The molecule has 2 radical (unpaired) electrons. The van der Waals surface area contributed by atoms with Crippen LogP contribution < -0.4 is 0 Å². The number of amides is 1. The number of carbonyl (C=O) groups excluding carboxylic acids is 1. The van der Waals surface area contributed by atoms with Crippen LogP contribution in [-0.4, -0.2) is 48.4 Å². The van der Waals surface area contributed by atoms with Gasteiger partial charge in [0.05, 0.1) is 4.88 Å². The van der Waals surface area contributed by atoms with E-state index in [4.69, 9.17) is 0 Å². The van der Waals surface area contributed by atoms with E-state index >= 15 is 0 Å². The lowest BCUT2D eigenvalue weighted by atomic mass is 9.98. The summed E-state index contributed by atoms with van der Waals surface area (Å²) in [5.41, 5.74) is 0. The smallest absolute Gasteiger partial charge is 0.263 e. The molecular formula is C14H20N2OS. The van der Waals surface area contributed by atoms with Gasteiger partial charge in [-0.15, -0.1) is 11.3 Å². The Labute approximate surface area is 113 Å². The van der Waals surface area contributed by atoms with E-state index in [0.29, 0.717) is 5.92 Å². The summed E-state index contributed by atoms with van der Waals surface area (Å²) in [6.45, 7) is 5.31. The van der Waals surface area contributed by atoms with Gasteiger partial charge in [-0.3, -0.25) is 4.79 Å². The van der Waals surface area contributed by atoms with Crippen molar-refractivity contribution in [3.8, 4) is 0 Å². The van der Waals surface area contributed by atoms with Crippen LogP contribution in [0.25, 0.3) is 0 Å². The monoisotopic (exact) mass is 264 g/mol. The van der Waals surface area contributed by atoms with Crippen molar-refractivity contribution < 1.29 is 4.79 Å². The molecule has 0 aliphatic carbocycles. The SMILES string of the molecule is O=C(c1cccs1)N1CCN2CCCC(C2)C1.[CH2]. The highest BCUT2D eigenvalue weighted by atomic mass is 32.1. The lowest BCUT2D eigenvalue weighted by Crippen LogP contribution is -2.35. The summed E-state index contributed by atoms with van der Waals surface area (Å²) in [6.07, 6.45) is 2.58. The summed E-state index contributed by atoms with van der Waals surface area (Å²) >= 11 is 1.55. The van der Waals surface area contributed by atoms with Gasteiger partial charge < -0.3 is 9.80 Å². The van der Waals surface area contributed by atoms with Gasteiger partial charge >= 0.3 is 0 Å². The topological polar surface area (TPSA) is 23.6 Å². The summed E-state index contributed by atoms with van der Waals surface area (Å²) in [6, 6.07) is 3.89. The molecule has 2 bridgehead atoms. The lowest BCUT2D eigenvalue weighted by molar-refractivity contribution is 0.0751. The Morgan fingerprint density at radius 3 is 2.94 bits per heavy atom. The summed E-state index contributed by atoms with van der Waals surface area (Å²) in [7, 11) is 0. The number of carbonyl (C=O) groups is 1. The average Bonchev–Trinajstić information content (AvgIpc) is 2.83. The normalized spacial score (nSPS) is 27.2. The van der Waals surface area contributed by atoms with E-state index in [1.807, 2.05) is 17.5 Å². The van der Waals surface area contributed by atoms with E-state index in [9.17, 15) is 4.79 Å². The Morgan fingerprint density at radius 2 is 2.17 bits per heavy atom. The highest BCUT2D eigenvalue weighted by Gasteiger charge is 2.28. The molecule has 3 rings (SSSR count). The molecule has 3 nitrogen and oxygen atoms in total. The van der Waals surface area contributed by atoms with Gasteiger partial charge in [-0.1, -0.05) is 13.5 Å². The Bertz CT molecular complexity index is 391. The van der Waals surface area contributed by atoms with Crippen molar-refractivity contribution in [1.29, 1.82) is 0 Å². The highest BCUT2D eigenvalue weighted by molar-refractivity contribution is 7.12. The maximum atomic E-state index is 12.3. The van der Waals surface area contributed by atoms with Gasteiger partial charge in [0.25, 0.3) is 5.91 Å². The van der Waals surface area contributed by atoms with Crippen LogP contribution in [0.15, 0.2) is 17.5 Å². The first-order valence-corrected chi connectivity index (χ1v) is 7.26. The van der Waals surface area contributed by atoms with E-state index in [-0.39, 0.29) is 13.3 Å². The van der Waals surface area contributed by atoms with Crippen molar-refractivity contribution in [3.05, 3.63) is 29.8 Å². The first-order chi connectivity index (χ1) is 8.33. The predicted molar refractivity (Wildman–Crippen MR) is 74.7 cm³/mol. The molecule has 2 saturated heterocycles. The fraction of sp³-hybridized carbons (Fsp3) is 0.571. The van der Waals surface area contributed by atoms with Gasteiger partial charge in [-0.2, -0.15) is 0 Å². The van der Waals surface area contributed by atoms with Crippen LogP contribution in [0.5, 0.6) is 0 Å². The Balaban J connectivity index is 0.00000120. The maximum Gasteiger partial charge on any atom is 0.263 e. The second kappa shape index (κ2) is 5.85. The summed E-state index contributed by atoms with van der Waals surface area (Å²) < 4.78 is 0. The van der Waals surface area contributed by atoms with Crippen molar-refractivity contribution in [1.82, 2.24) is 9.80 Å². The molecule has 0 N–H and O–H groups in total. The molecule has 2 aliphatic heterocycles. The summed E-state index contributed by atoms with van der Waals surface area (Å²) in [4.78, 5) is 17.8. The molecule has 0 aromatic carbocycles. The Hall–Kier alpha value is -0.870. The average molecular weight is 264 g/mol. The zero-order chi connectivity index (χ0) is 11.7. The third-order valence-corrected chi connectivity index (χ3v) is 4.64. The molecule has 1 aromatic rings. The fourth-order valence-electron chi connectivity index (χ4n) is 2.91.